The van der Waals surface area contributed by atoms with E-state index in [-0.39, 0.29) is 11.3 Å². The molecule has 0 fully saturated rings. The number of carboxylic acids is 1. The maximum Gasteiger partial charge on any atom is 0.307 e. The smallest absolute Gasteiger partial charge is 0.307 e. The zero-order valence-corrected chi connectivity index (χ0v) is 21.3. The third kappa shape index (κ3) is 13.7. The van der Waals surface area contributed by atoms with E-state index in [2.05, 4.69) is 27.7 Å². The molecule has 2 heteroatoms. The minimum absolute atomic E-state index is 0.0115. The Bertz CT molecular complexity index is 373. The lowest BCUT2D eigenvalue weighted by atomic mass is 9.66. The summed E-state index contributed by atoms with van der Waals surface area (Å²) >= 11 is 0. The van der Waals surface area contributed by atoms with Crippen LogP contribution in [0.4, 0.5) is 0 Å². The number of carbonyl (C=O) groups is 1. The van der Waals surface area contributed by atoms with Crippen LogP contribution in [0.1, 0.15) is 163 Å². The van der Waals surface area contributed by atoms with Gasteiger partial charge < -0.3 is 5.11 Å². The van der Waals surface area contributed by atoms with E-state index >= 15 is 0 Å². The summed E-state index contributed by atoms with van der Waals surface area (Å²) in [5, 5.41) is 9.93. The second-order valence-electron chi connectivity index (χ2n) is 9.80. The number of hydrogen-bond acceptors (Lipinski definition) is 1. The summed E-state index contributed by atoms with van der Waals surface area (Å²) in [6, 6.07) is 0. The van der Waals surface area contributed by atoms with Gasteiger partial charge in [0.05, 0.1) is 5.92 Å². The molecule has 0 spiro atoms. The van der Waals surface area contributed by atoms with Crippen molar-refractivity contribution in [1.82, 2.24) is 0 Å². The van der Waals surface area contributed by atoms with E-state index in [0.29, 0.717) is 0 Å². The molecule has 0 heterocycles. The molecule has 180 valence electrons. The van der Waals surface area contributed by atoms with Gasteiger partial charge in [0, 0.05) is 0 Å². The van der Waals surface area contributed by atoms with Crippen LogP contribution < -0.4 is 0 Å². The molecule has 0 bridgehead atoms. The second kappa shape index (κ2) is 20.4. The zero-order valence-electron chi connectivity index (χ0n) is 21.3. The van der Waals surface area contributed by atoms with E-state index in [0.717, 1.165) is 32.1 Å². The normalized spacial score (nSPS) is 12.9. The Kier molecular flexibility index (Phi) is 20.0. The van der Waals surface area contributed by atoms with Crippen molar-refractivity contribution in [2.45, 2.75) is 163 Å². The van der Waals surface area contributed by atoms with Crippen LogP contribution in [0.15, 0.2) is 0 Å². The van der Waals surface area contributed by atoms with Crippen molar-refractivity contribution in [3.8, 4) is 0 Å². The van der Waals surface area contributed by atoms with E-state index in [1.807, 2.05) is 0 Å². The van der Waals surface area contributed by atoms with E-state index in [4.69, 9.17) is 0 Å². The summed E-state index contributed by atoms with van der Waals surface area (Å²) in [6.45, 7) is 8.92. The lowest BCUT2D eigenvalue weighted by Crippen LogP contribution is -2.35. The van der Waals surface area contributed by atoms with Crippen LogP contribution in [0.25, 0.3) is 0 Å². The summed E-state index contributed by atoms with van der Waals surface area (Å²) < 4.78 is 0. The summed E-state index contributed by atoms with van der Waals surface area (Å²) in [5.41, 5.74) is 0.0115. The van der Waals surface area contributed by atoms with Gasteiger partial charge in [0.25, 0.3) is 0 Å². The SMILES string of the molecule is CCCCCCCCCCCCCCCCC(C(=O)O)C(CC)(CC)CCCCC. The topological polar surface area (TPSA) is 37.3 Å². The van der Waals surface area contributed by atoms with Gasteiger partial charge in [-0.3, -0.25) is 4.79 Å². The van der Waals surface area contributed by atoms with E-state index in [1.165, 1.54) is 103 Å². The Morgan fingerprint density at radius 3 is 1.33 bits per heavy atom. The van der Waals surface area contributed by atoms with Crippen LogP contribution in [0, 0.1) is 11.3 Å². The highest BCUT2D eigenvalue weighted by Gasteiger charge is 2.39. The predicted molar refractivity (Wildman–Crippen MR) is 133 cm³/mol. The first kappa shape index (κ1) is 29.5. The fourth-order valence-electron chi connectivity index (χ4n) is 5.23. The van der Waals surface area contributed by atoms with Crippen molar-refractivity contribution < 1.29 is 9.90 Å². The van der Waals surface area contributed by atoms with Crippen LogP contribution in [0.2, 0.25) is 0 Å². The number of hydrogen-bond donors (Lipinski definition) is 1. The monoisotopic (exact) mass is 424 g/mol. The van der Waals surface area contributed by atoms with E-state index < -0.39 is 5.97 Å². The Labute approximate surface area is 190 Å². The number of aliphatic carboxylic acids is 1. The van der Waals surface area contributed by atoms with E-state index in [1.54, 1.807) is 0 Å². The number of carboxylic acid groups (broad SMARTS) is 1. The molecular formula is C28H56O2. The lowest BCUT2D eigenvalue weighted by molar-refractivity contribution is -0.148. The molecule has 0 aliphatic carbocycles. The lowest BCUT2D eigenvalue weighted by Gasteiger charge is -2.38. The number of rotatable bonds is 23. The Morgan fingerprint density at radius 1 is 0.600 bits per heavy atom. The maximum absolute atomic E-state index is 12.1. The predicted octanol–water partition coefficient (Wildman–Crippen LogP) is 9.95. The standard InChI is InChI=1S/C28H56O2/c1-5-9-11-12-13-14-15-16-17-18-19-20-21-22-24-26(27(29)30)28(7-3,8-4)25-23-10-6-2/h26H,5-25H2,1-4H3,(H,29,30). The van der Waals surface area contributed by atoms with Crippen molar-refractivity contribution in [2.75, 3.05) is 0 Å². The molecule has 0 aromatic heterocycles. The van der Waals surface area contributed by atoms with Crippen molar-refractivity contribution in [2.24, 2.45) is 11.3 Å². The fraction of sp³-hybridized carbons (Fsp3) is 0.964. The van der Waals surface area contributed by atoms with Crippen LogP contribution in [-0.4, -0.2) is 11.1 Å². The van der Waals surface area contributed by atoms with Gasteiger partial charge in [0.1, 0.15) is 0 Å². The molecule has 0 aliphatic rings. The minimum atomic E-state index is -0.551. The molecule has 0 aromatic rings. The van der Waals surface area contributed by atoms with Crippen LogP contribution in [-0.2, 0) is 4.79 Å². The summed E-state index contributed by atoms with van der Waals surface area (Å²) in [4.78, 5) is 12.1. The van der Waals surface area contributed by atoms with E-state index in [9.17, 15) is 9.90 Å². The van der Waals surface area contributed by atoms with Gasteiger partial charge in [-0.1, -0.05) is 137 Å². The first-order valence-electron chi connectivity index (χ1n) is 13.8. The van der Waals surface area contributed by atoms with Gasteiger partial charge in [0.15, 0.2) is 0 Å². The highest BCUT2D eigenvalue weighted by Crippen LogP contribution is 2.43. The maximum atomic E-state index is 12.1. The average Bonchev–Trinajstić information content (AvgIpc) is 2.74. The first-order valence-corrected chi connectivity index (χ1v) is 13.8. The van der Waals surface area contributed by atoms with Gasteiger partial charge in [-0.15, -0.1) is 0 Å². The molecule has 0 aromatic carbocycles. The van der Waals surface area contributed by atoms with Crippen molar-refractivity contribution in [3.63, 3.8) is 0 Å². The van der Waals surface area contributed by atoms with Gasteiger partial charge in [-0.2, -0.15) is 0 Å². The Hall–Kier alpha value is -0.530. The summed E-state index contributed by atoms with van der Waals surface area (Å²) in [6.07, 6.45) is 26.5. The van der Waals surface area contributed by atoms with Crippen molar-refractivity contribution in [1.29, 1.82) is 0 Å². The number of unbranched alkanes of at least 4 members (excludes halogenated alkanes) is 15. The zero-order chi connectivity index (χ0) is 22.5. The molecule has 0 aliphatic heterocycles. The van der Waals surface area contributed by atoms with Crippen molar-refractivity contribution >= 4 is 5.97 Å². The third-order valence-corrected chi connectivity index (χ3v) is 7.57. The summed E-state index contributed by atoms with van der Waals surface area (Å²) in [5.74, 6) is -0.702. The van der Waals surface area contributed by atoms with Gasteiger partial charge >= 0.3 is 5.97 Å². The third-order valence-electron chi connectivity index (χ3n) is 7.57. The molecule has 0 rings (SSSR count). The summed E-state index contributed by atoms with van der Waals surface area (Å²) in [7, 11) is 0. The molecule has 0 saturated heterocycles. The highest BCUT2D eigenvalue weighted by atomic mass is 16.4. The molecule has 1 unspecified atom stereocenters. The average molecular weight is 425 g/mol. The minimum Gasteiger partial charge on any atom is -0.481 e. The van der Waals surface area contributed by atoms with Crippen LogP contribution in [0.5, 0.6) is 0 Å². The van der Waals surface area contributed by atoms with Gasteiger partial charge in [-0.05, 0) is 31.1 Å². The second-order valence-corrected chi connectivity index (χ2v) is 9.80. The Morgan fingerprint density at radius 2 is 0.967 bits per heavy atom. The van der Waals surface area contributed by atoms with Gasteiger partial charge in [0.2, 0.25) is 0 Å². The molecule has 30 heavy (non-hydrogen) atoms. The molecule has 0 amide bonds. The molecule has 1 N–H and O–H groups in total. The quantitative estimate of drug-likeness (QED) is 0.166. The molecule has 2 nitrogen and oxygen atoms in total. The Balaban J connectivity index is 3.92. The highest BCUT2D eigenvalue weighted by molar-refractivity contribution is 5.71. The van der Waals surface area contributed by atoms with Crippen LogP contribution >= 0.6 is 0 Å². The molecular weight excluding hydrogens is 368 g/mol. The van der Waals surface area contributed by atoms with Crippen molar-refractivity contribution in [3.05, 3.63) is 0 Å². The molecule has 0 saturated carbocycles. The molecule has 1 atom stereocenters. The van der Waals surface area contributed by atoms with Crippen LogP contribution in [0.3, 0.4) is 0 Å². The fourth-order valence-corrected chi connectivity index (χ4v) is 5.23. The first-order chi connectivity index (χ1) is 14.6. The van der Waals surface area contributed by atoms with Gasteiger partial charge in [-0.25, -0.2) is 0 Å². The molecule has 0 radical (unpaired) electrons. The largest absolute Gasteiger partial charge is 0.481 e.